The Labute approximate surface area is 238 Å². The molecule has 230 valence electrons. The summed E-state index contributed by atoms with van der Waals surface area (Å²) < 4.78 is 67.5. The average Bonchev–Trinajstić information content (AvgIpc) is 3.26. The third-order valence-electron chi connectivity index (χ3n) is 7.79. The largest absolute Gasteiger partial charge is 0.497 e. The summed E-state index contributed by atoms with van der Waals surface area (Å²) in [6, 6.07) is -1.69. The van der Waals surface area contributed by atoms with Crippen molar-refractivity contribution in [2.24, 2.45) is 5.92 Å². The molecule has 1 aliphatic carbocycles. The number of carbonyl (C=O) groups is 2. The lowest BCUT2D eigenvalue weighted by molar-refractivity contribution is -0.118. The fraction of sp³-hybridized carbons (Fsp3) is 0.556. The highest BCUT2D eigenvalue weighted by Crippen LogP contribution is 2.35. The van der Waals surface area contributed by atoms with E-state index >= 15 is 8.78 Å². The van der Waals surface area contributed by atoms with Crippen LogP contribution < -0.4 is 25.8 Å². The van der Waals surface area contributed by atoms with Crippen LogP contribution in [-0.4, -0.2) is 79.1 Å². The number of halogens is 4. The Morgan fingerprint density at radius 1 is 1.12 bits per heavy atom. The van der Waals surface area contributed by atoms with Gasteiger partial charge in [-0.1, -0.05) is 0 Å². The van der Waals surface area contributed by atoms with Crippen molar-refractivity contribution in [2.45, 2.75) is 56.2 Å². The predicted molar refractivity (Wildman–Crippen MR) is 142 cm³/mol. The molecule has 2 fully saturated rings. The Hall–Kier alpha value is -3.72. The van der Waals surface area contributed by atoms with Crippen LogP contribution in [0.25, 0.3) is 0 Å². The van der Waals surface area contributed by atoms with Gasteiger partial charge in [0, 0.05) is 61.6 Å². The maximum absolute atomic E-state index is 15.2. The van der Waals surface area contributed by atoms with E-state index in [9.17, 15) is 28.3 Å². The van der Waals surface area contributed by atoms with Crippen LogP contribution in [0.3, 0.4) is 0 Å². The van der Waals surface area contributed by atoms with Gasteiger partial charge in [0.25, 0.3) is 11.5 Å². The first kappa shape index (κ1) is 31.2. The maximum atomic E-state index is 15.2. The molecule has 2 aliphatic rings. The minimum atomic E-state index is -2.45. The molecule has 1 aromatic carbocycles. The Morgan fingerprint density at radius 2 is 1.79 bits per heavy atom. The summed E-state index contributed by atoms with van der Waals surface area (Å²) in [6.45, 7) is -0.897. The molecule has 4 rings (SSSR count). The van der Waals surface area contributed by atoms with Crippen molar-refractivity contribution in [1.29, 1.82) is 0 Å². The second-order valence-electron chi connectivity index (χ2n) is 10.4. The van der Waals surface area contributed by atoms with Crippen molar-refractivity contribution >= 4 is 17.8 Å². The molecule has 0 spiro atoms. The van der Waals surface area contributed by atoms with Crippen LogP contribution in [0.2, 0.25) is 0 Å². The highest BCUT2D eigenvalue weighted by atomic mass is 19.3. The van der Waals surface area contributed by atoms with E-state index in [4.69, 9.17) is 9.47 Å². The highest BCUT2D eigenvalue weighted by Gasteiger charge is 2.46. The Morgan fingerprint density at radius 3 is 2.36 bits per heavy atom. The van der Waals surface area contributed by atoms with E-state index in [0.717, 1.165) is 21.6 Å². The zero-order valence-electron chi connectivity index (χ0n) is 23.1. The molecule has 2 aromatic rings. The van der Waals surface area contributed by atoms with Crippen molar-refractivity contribution in [1.82, 2.24) is 20.2 Å². The third kappa shape index (κ3) is 6.51. The van der Waals surface area contributed by atoms with Gasteiger partial charge in [0.15, 0.2) is 0 Å². The van der Waals surface area contributed by atoms with E-state index in [1.54, 1.807) is 0 Å². The number of nitrogens with zero attached hydrogens (tertiary/aromatic N) is 3. The molecule has 1 unspecified atom stereocenters. The zero-order chi connectivity index (χ0) is 30.6. The van der Waals surface area contributed by atoms with Gasteiger partial charge < -0.3 is 29.8 Å². The van der Waals surface area contributed by atoms with Crippen molar-refractivity contribution in [3.05, 3.63) is 52.1 Å². The average molecular weight is 600 g/mol. The Bertz CT molecular complexity index is 1310. The molecular weight excluding hydrogens is 566 g/mol. The third-order valence-corrected chi connectivity index (χ3v) is 7.79. The van der Waals surface area contributed by atoms with Crippen LogP contribution in [0.15, 0.2) is 29.3 Å². The lowest BCUT2D eigenvalue weighted by atomic mass is 9.86. The summed E-state index contributed by atoms with van der Waals surface area (Å²) >= 11 is 0. The van der Waals surface area contributed by atoms with Crippen molar-refractivity contribution in [2.75, 3.05) is 38.9 Å². The van der Waals surface area contributed by atoms with Crippen LogP contribution in [0.4, 0.5) is 28.2 Å². The van der Waals surface area contributed by atoms with E-state index in [1.807, 2.05) is 0 Å². The van der Waals surface area contributed by atoms with Crippen LogP contribution >= 0.6 is 0 Å². The summed E-state index contributed by atoms with van der Waals surface area (Å²) in [5, 5.41) is 14.9. The van der Waals surface area contributed by atoms with Crippen LogP contribution in [-0.2, 0) is 9.53 Å². The summed E-state index contributed by atoms with van der Waals surface area (Å²) in [4.78, 5) is 44.9. The number of nitrogens with one attached hydrogen (secondary N) is 2. The molecule has 3 N–H and O–H groups in total. The van der Waals surface area contributed by atoms with Gasteiger partial charge in [-0.05, 0) is 25.7 Å². The topological polar surface area (TPSA) is 135 Å². The number of rotatable bonds is 10. The second-order valence-corrected chi connectivity index (χ2v) is 10.4. The minimum Gasteiger partial charge on any atom is -0.497 e. The standard InChI is InChI=1S/C27H33F4N5O6/c1-41-13-16(12-37)35-8-7-32-24(26(35)39)36-11-18(21-19(28)9-17(42-2)10-20(21)29)22(25(36)38)34-27(40)33-15-5-3-14(4-6-15)23(30)31/h7-10,14-16,18,22-23,37H,3-6,11-13H2,1-2H3,(H2,33,34,40)/t14-,15-,16?,18-,22-/m0/s1. The van der Waals surface area contributed by atoms with E-state index in [-0.39, 0.29) is 31.0 Å². The van der Waals surface area contributed by atoms with Crippen LogP contribution in [0.5, 0.6) is 5.75 Å². The first-order chi connectivity index (χ1) is 20.1. The van der Waals surface area contributed by atoms with Gasteiger partial charge in [-0.15, -0.1) is 0 Å². The number of ether oxygens (including phenoxy) is 2. The first-order valence-corrected chi connectivity index (χ1v) is 13.5. The number of aliphatic hydroxyl groups excluding tert-OH is 1. The van der Waals surface area contributed by atoms with Gasteiger partial charge in [-0.2, -0.15) is 0 Å². The molecule has 0 radical (unpaired) electrons. The minimum absolute atomic E-state index is 0.0255. The molecule has 3 atom stereocenters. The maximum Gasteiger partial charge on any atom is 0.315 e. The Kier molecular flexibility index (Phi) is 10.0. The fourth-order valence-electron chi connectivity index (χ4n) is 5.56. The number of alkyl halides is 2. The van der Waals surface area contributed by atoms with E-state index < -0.39 is 84.2 Å². The fourth-order valence-corrected chi connectivity index (χ4v) is 5.56. The summed E-state index contributed by atoms with van der Waals surface area (Å²) in [5.74, 6) is -5.40. The second kappa shape index (κ2) is 13.5. The van der Waals surface area contributed by atoms with Gasteiger partial charge in [-0.3, -0.25) is 14.5 Å². The van der Waals surface area contributed by atoms with Crippen LogP contribution in [0, 0.1) is 17.6 Å². The van der Waals surface area contributed by atoms with E-state index in [1.165, 1.54) is 26.6 Å². The smallest absolute Gasteiger partial charge is 0.315 e. The van der Waals surface area contributed by atoms with Gasteiger partial charge in [0.05, 0.1) is 26.4 Å². The van der Waals surface area contributed by atoms with Crippen molar-refractivity contribution in [3.63, 3.8) is 0 Å². The molecule has 0 bridgehead atoms. The molecule has 1 aliphatic heterocycles. The number of urea groups is 1. The quantitative estimate of drug-likeness (QED) is 0.357. The molecule has 15 heteroatoms. The lowest BCUT2D eigenvalue weighted by Gasteiger charge is -2.29. The van der Waals surface area contributed by atoms with Gasteiger partial charge >= 0.3 is 6.03 Å². The number of hydrogen-bond donors (Lipinski definition) is 3. The SMILES string of the molecule is COCC(CO)n1ccnc(N2C[C@@H](c3c(F)cc(OC)cc3F)[C@H](NC(=O)N[C@H]3CC[C@H](C(F)F)CC3)C2=O)c1=O. The molecule has 1 saturated carbocycles. The van der Waals surface area contributed by atoms with Crippen molar-refractivity contribution in [3.8, 4) is 5.75 Å². The van der Waals surface area contributed by atoms with Gasteiger partial charge in [0.2, 0.25) is 12.2 Å². The highest BCUT2D eigenvalue weighted by molar-refractivity contribution is 6.01. The normalized spacial score (nSPS) is 23.2. The molecular formula is C27H33F4N5O6. The van der Waals surface area contributed by atoms with E-state index in [0.29, 0.717) is 12.8 Å². The number of carbonyl (C=O) groups excluding carboxylic acids is 2. The molecule has 11 nitrogen and oxygen atoms in total. The molecule has 42 heavy (non-hydrogen) atoms. The summed E-state index contributed by atoms with van der Waals surface area (Å²) in [6.07, 6.45) is 1.13. The summed E-state index contributed by atoms with van der Waals surface area (Å²) in [5.41, 5.74) is -1.27. The monoisotopic (exact) mass is 599 g/mol. The number of hydrogen-bond acceptors (Lipinski definition) is 7. The van der Waals surface area contributed by atoms with Crippen molar-refractivity contribution < 1.29 is 41.7 Å². The van der Waals surface area contributed by atoms with E-state index in [2.05, 4.69) is 15.6 Å². The number of anilines is 1. The number of methoxy groups -OCH3 is 2. The first-order valence-electron chi connectivity index (χ1n) is 13.5. The molecule has 3 amide bonds. The van der Waals surface area contributed by atoms with Gasteiger partial charge in [0.1, 0.15) is 23.4 Å². The number of benzene rings is 1. The number of aliphatic hydroxyl groups is 1. The Balaban J connectivity index is 1.64. The number of aromatic nitrogens is 2. The molecule has 2 heterocycles. The van der Waals surface area contributed by atoms with Gasteiger partial charge in [-0.25, -0.2) is 27.3 Å². The number of amides is 3. The lowest BCUT2D eigenvalue weighted by Crippen LogP contribution is -2.51. The molecule has 1 aromatic heterocycles. The van der Waals surface area contributed by atoms with Crippen LogP contribution in [0.1, 0.15) is 43.2 Å². The molecule has 1 saturated heterocycles. The zero-order valence-corrected chi connectivity index (χ0v) is 23.1. The summed E-state index contributed by atoms with van der Waals surface area (Å²) in [7, 11) is 2.61. The predicted octanol–water partition coefficient (Wildman–Crippen LogP) is 2.33.